The van der Waals surface area contributed by atoms with Crippen LogP contribution >= 0.6 is 11.8 Å². The van der Waals surface area contributed by atoms with E-state index in [9.17, 15) is 4.79 Å². The first kappa shape index (κ1) is 20.7. The smallest absolute Gasteiger partial charge is 0.224 e. The second kappa shape index (κ2) is 10.5. The SMILES string of the molecule is O=C(CCCc1ncc(-c2ccccc2)o1)Nc1cccc(CN2CCSCC2)c1. The van der Waals surface area contributed by atoms with E-state index in [0.717, 1.165) is 36.6 Å². The average molecular weight is 422 g/mol. The molecule has 1 aliphatic heterocycles. The van der Waals surface area contributed by atoms with E-state index < -0.39 is 0 Å². The number of carbonyl (C=O) groups excluding carboxylic acids is 1. The maximum atomic E-state index is 12.4. The Balaban J connectivity index is 1.23. The van der Waals surface area contributed by atoms with Crippen molar-refractivity contribution in [2.24, 2.45) is 0 Å². The van der Waals surface area contributed by atoms with Crippen molar-refractivity contribution in [3.05, 3.63) is 72.2 Å². The summed E-state index contributed by atoms with van der Waals surface area (Å²) in [6, 6.07) is 18.1. The van der Waals surface area contributed by atoms with Gasteiger partial charge in [-0.3, -0.25) is 9.69 Å². The molecule has 0 unspecified atom stereocenters. The van der Waals surface area contributed by atoms with Crippen LogP contribution in [0.4, 0.5) is 5.69 Å². The van der Waals surface area contributed by atoms with Crippen LogP contribution in [-0.4, -0.2) is 40.4 Å². The predicted octanol–water partition coefficient (Wildman–Crippen LogP) is 4.85. The number of hydrogen-bond acceptors (Lipinski definition) is 5. The number of anilines is 1. The number of thioether (sulfide) groups is 1. The zero-order valence-electron chi connectivity index (χ0n) is 17.0. The van der Waals surface area contributed by atoms with Crippen molar-refractivity contribution in [3.63, 3.8) is 0 Å². The Labute approximate surface area is 181 Å². The third-order valence-electron chi connectivity index (χ3n) is 5.13. The number of aromatic nitrogens is 1. The van der Waals surface area contributed by atoms with Gasteiger partial charge in [-0.2, -0.15) is 11.8 Å². The number of benzene rings is 2. The summed E-state index contributed by atoms with van der Waals surface area (Å²) in [7, 11) is 0. The first-order valence-electron chi connectivity index (χ1n) is 10.5. The molecule has 1 N–H and O–H groups in total. The van der Waals surface area contributed by atoms with Gasteiger partial charge in [0.2, 0.25) is 5.91 Å². The maximum absolute atomic E-state index is 12.4. The number of carbonyl (C=O) groups is 1. The summed E-state index contributed by atoms with van der Waals surface area (Å²) in [4.78, 5) is 19.2. The van der Waals surface area contributed by atoms with Crippen LogP contribution in [0.15, 0.2) is 65.2 Å². The summed E-state index contributed by atoms with van der Waals surface area (Å²) in [5, 5.41) is 3.02. The summed E-state index contributed by atoms with van der Waals surface area (Å²) in [6.45, 7) is 3.21. The third-order valence-corrected chi connectivity index (χ3v) is 6.07. The number of oxazole rings is 1. The Bertz CT molecular complexity index is 952. The van der Waals surface area contributed by atoms with Gasteiger partial charge in [0, 0.05) is 55.2 Å². The fraction of sp³-hybridized carbons (Fsp3) is 0.333. The molecule has 5 nitrogen and oxygen atoms in total. The van der Waals surface area contributed by atoms with Gasteiger partial charge in [0.15, 0.2) is 11.7 Å². The van der Waals surface area contributed by atoms with Gasteiger partial charge >= 0.3 is 0 Å². The van der Waals surface area contributed by atoms with E-state index in [4.69, 9.17) is 4.42 Å². The van der Waals surface area contributed by atoms with Crippen molar-refractivity contribution in [1.29, 1.82) is 0 Å². The molecule has 4 rings (SSSR count). The maximum Gasteiger partial charge on any atom is 0.224 e. The van der Waals surface area contributed by atoms with Gasteiger partial charge < -0.3 is 9.73 Å². The number of rotatable bonds is 8. The number of nitrogens with zero attached hydrogens (tertiary/aromatic N) is 2. The summed E-state index contributed by atoms with van der Waals surface area (Å²) >= 11 is 2.02. The van der Waals surface area contributed by atoms with Crippen molar-refractivity contribution in [3.8, 4) is 11.3 Å². The standard InChI is InChI=1S/C24H27N3O2S/c28-23(10-5-11-24-25-17-22(29-24)20-7-2-1-3-8-20)26-21-9-4-6-19(16-21)18-27-12-14-30-15-13-27/h1-4,6-9,16-17H,5,10-15,18H2,(H,26,28). The van der Waals surface area contributed by atoms with Crippen LogP contribution in [0.1, 0.15) is 24.3 Å². The molecule has 0 bridgehead atoms. The molecule has 156 valence electrons. The predicted molar refractivity (Wildman–Crippen MR) is 123 cm³/mol. The quantitative estimate of drug-likeness (QED) is 0.563. The van der Waals surface area contributed by atoms with Gasteiger partial charge in [0.1, 0.15) is 0 Å². The normalized spacial score (nSPS) is 14.5. The molecular formula is C24H27N3O2S. The summed E-state index contributed by atoms with van der Waals surface area (Å²) in [5.41, 5.74) is 3.12. The van der Waals surface area contributed by atoms with Crippen molar-refractivity contribution >= 4 is 23.4 Å². The molecule has 2 heterocycles. The van der Waals surface area contributed by atoms with E-state index in [1.807, 2.05) is 54.2 Å². The fourth-order valence-corrected chi connectivity index (χ4v) is 4.53. The van der Waals surface area contributed by atoms with Crippen LogP contribution in [-0.2, 0) is 17.8 Å². The minimum atomic E-state index is 0.0244. The van der Waals surface area contributed by atoms with Gasteiger partial charge in [-0.15, -0.1) is 0 Å². The van der Waals surface area contributed by atoms with Gasteiger partial charge in [-0.1, -0.05) is 42.5 Å². The lowest BCUT2D eigenvalue weighted by atomic mass is 10.1. The van der Waals surface area contributed by atoms with Gasteiger partial charge in [0.05, 0.1) is 6.20 Å². The molecule has 2 aromatic carbocycles. The minimum absolute atomic E-state index is 0.0244. The molecule has 1 aromatic heterocycles. The lowest BCUT2D eigenvalue weighted by molar-refractivity contribution is -0.116. The highest BCUT2D eigenvalue weighted by molar-refractivity contribution is 7.99. The third kappa shape index (κ3) is 5.97. The van der Waals surface area contributed by atoms with Crippen molar-refractivity contribution < 1.29 is 9.21 Å². The number of hydrogen-bond donors (Lipinski definition) is 1. The number of amides is 1. The molecule has 0 aliphatic carbocycles. The zero-order chi connectivity index (χ0) is 20.6. The first-order chi connectivity index (χ1) is 14.8. The highest BCUT2D eigenvalue weighted by atomic mass is 32.2. The van der Waals surface area contributed by atoms with Crippen molar-refractivity contribution in [1.82, 2.24) is 9.88 Å². The fourth-order valence-electron chi connectivity index (χ4n) is 3.55. The lowest BCUT2D eigenvalue weighted by Gasteiger charge is -2.26. The Kier molecular flexibility index (Phi) is 7.21. The molecule has 3 aromatic rings. The van der Waals surface area contributed by atoms with E-state index in [-0.39, 0.29) is 5.91 Å². The van der Waals surface area contributed by atoms with Gasteiger partial charge in [-0.25, -0.2) is 4.98 Å². The van der Waals surface area contributed by atoms with Crippen LogP contribution in [0, 0.1) is 0 Å². The van der Waals surface area contributed by atoms with Crippen LogP contribution in [0.5, 0.6) is 0 Å². The molecular weight excluding hydrogens is 394 g/mol. The average Bonchev–Trinajstić information content (AvgIpc) is 3.24. The van der Waals surface area contributed by atoms with Crippen LogP contribution < -0.4 is 5.32 Å². The zero-order valence-corrected chi connectivity index (χ0v) is 17.9. The molecule has 1 saturated heterocycles. The Morgan fingerprint density at radius 2 is 1.93 bits per heavy atom. The molecule has 0 radical (unpaired) electrons. The highest BCUT2D eigenvalue weighted by Crippen LogP contribution is 2.21. The number of aryl methyl sites for hydroxylation is 1. The van der Waals surface area contributed by atoms with E-state index >= 15 is 0 Å². The monoisotopic (exact) mass is 421 g/mol. The van der Waals surface area contributed by atoms with E-state index in [1.54, 1.807) is 6.20 Å². The van der Waals surface area contributed by atoms with Gasteiger partial charge in [-0.05, 0) is 24.1 Å². The van der Waals surface area contributed by atoms with Crippen LogP contribution in [0.3, 0.4) is 0 Å². The molecule has 0 saturated carbocycles. The summed E-state index contributed by atoms with van der Waals surface area (Å²) in [6.07, 6.45) is 3.53. The van der Waals surface area contributed by atoms with E-state index in [1.165, 1.54) is 17.1 Å². The highest BCUT2D eigenvalue weighted by Gasteiger charge is 2.12. The topological polar surface area (TPSA) is 58.4 Å². The Hall–Kier alpha value is -2.57. The van der Waals surface area contributed by atoms with Gasteiger partial charge in [0.25, 0.3) is 0 Å². The first-order valence-corrected chi connectivity index (χ1v) is 11.6. The summed E-state index contributed by atoms with van der Waals surface area (Å²) < 4.78 is 5.81. The Morgan fingerprint density at radius 1 is 1.10 bits per heavy atom. The molecule has 1 amide bonds. The van der Waals surface area contributed by atoms with Crippen LogP contribution in [0.2, 0.25) is 0 Å². The molecule has 6 heteroatoms. The minimum Gasteiger partial charge on any atom is -0.441 e. The van der Waals surface area contributed by atoms with Crippen LogP contribution in [0.25, 0.3) is 11.3 Å². The summed E-state index contributed by atoms with van der Waals surface area (Å²) in [5.74, 6) is 3.86. The Morgan fingerprint density at radius 3 is 2.77 bits per heavy atom. The molecule has 0 spiro atoms. The van der Waals surface area contributed by atoms with Crippen molar-refractivity contribution in [2.75, 3.05) is 29.9 Å². The molecule has 0 atom stereocenters. The second-order valence-corrected chi connectivity index (χ2v) is 8.70. The van der Waals surface area contributed by atoms with E-state index in [2.05, 4.69) is 27.3 Å². The largest absolute Gasteiger partial charge is 0.441 e. The van der Waals surface area contributed by atoms with Crippen molar-refractivity contribution in [2.45, 2.75) is 25.8 Å². The second-order valence-electron chi connectivity index (χ2n) is 7.47. The van der Waals surface area contributed by atoms with E-state index in [0.29, 0.717) is 25.2 Å². The molecule has 1 aliphatic rings. The molecule has 30 heavy (non-hydrogen) atoms. The number of nitrogens with one attached hydrogen (secondary N) is 1. The molecule has 1 fully saturated rings. The lowest BCUT2D eigenvalue weighted by Crippen LogP contribution is -2.31.